The van der Waals surface area contributed by atoms with Crippen LogP contribution in [0.3, 0.4) is 0 Å². The summed E-state index contributed by atoms with van der Waals surface area (Å²) in [6.45, 7) is 0. The lowest BCUT2D eigenvalue weighted by atomic mass is 10.1. The Morgan fingerprint density at radius 1 is 0.909 bits per heavy atom. The molecule has 2 aromatic carbocycles. The highest BCUT2D eigenvalue weighted by Crippen LogP contribution is 2.43. The lowest BCUT2D eigenvalue weighted by molar-refractivity contribution is 0.392. The molecule has 0 radical (unpaired) electrons. The molecular formula is C17H15BrO4. The van der Waals surface area contributed by atoms with E-state index in [1.165, 1.54) is 0 Å². The molecule has 0 fully saturated rings. The van der Waals surface area contributed by atoms with Crippen molar-refractivity contribution in [3.8, 4) is 28.6 Å². The zero-order valence-corrected chi connectivity index (χ0v) is 14.1. The van der Waals surface area contributed by atoms with E-state index in [9.17, 15) is 0 Å². The molecule has 0 aliphatic heterocycles. The predicted octanol–water partition coefficient (Wildman–Crippen LogP) is 4.89. The fourth-order valence-electron chi connectivity index (χ4n) is 2.35. The van der Waals surface area contributed by atoms with Crippen molar-refractivity contribution in [1.82, 2.24) is 0 Å². The van der Waals surface area contributed by atoms with E-state index in [0.717, 1.165) is 26.9 Å². The molecule has 0 amide bonds. The highest BCUT2D eigenvalue weighted by Gasteiger charge is 2.17. The van der Waals surface area contributed by atoms with Crippen molar-refractivity contribution in [1.29, 1.82) is 0 Å². The van der Waals surface area contributed by atoms with Gasteiger partial charge >= 0.3 is 0 Å². The van der Waals surface area contributed by atoms with Gasteiger partial charge in [-0.05, 0) is 46.3 Å². The van der Waals surface area contributed by atoms with Crippen molar-refractivity contribution < 1.29 is 18.6 Å². The first-order valence-electron chi connectivity index (χ1n) is 6.66. The number of rotatable bonds is 4. The molecule has 0 N–H and O–H groups in total. The van der Waals surface area contributed by atoms with Crippen LogP contribution in [0, 0.1) is 0 Å². The molecule has 1 aromatic heterocycles. The topological polar surface area (TPSA) is 40.8 Å². The van der Waals surface area contributed by atoms with Gasteiger partial charge in [0.05, 0.1) is 26.7 Å². The van der Waals surface area contributed by atoms with Crippen LogP contribution < -0.4 is 14.2 Å². The number of methoxy groups -OCH3 is 3. The van der Waals surface area contributed by atoms with Crippen LogP contribution in [0.2, 0.25) is 0 Å². The molecule has 0 atom stereocenters. The zero-order valence-electron chi connectivity index (χ0n) is 12.5. The van der Waals surface area contributed by atoms with Gasteiger partial charge < -0.3 is 18.6 Å². The van der Waals surface area contributed by atoms with Gasteiger partial charge in [0.15, 0.2) is 0 Å². The molecule has 0 unspecified atom stereocenters. The Kier molecular flexibility index (Phi) is 3.98. The third kappa shape index (κ3) is 2.41. The second-order valence-corrected chi connectivity index (χ2v) is 5.47. The fraction of sp³-hybridized carbons (Fsp3) is 0.176. The first kappa shape index (κ1) is 14.8. The first-order chi connectivity index (χ1) is 10.7. The Morgan fingerprint density at radius 2 is 1.64 bits per heavy atom. The first-order valence-corrected chi connectivity index (χ1v) is 7.45. The van der Waals surface area contributed by atoms with Gasteiger partial charge in [0, 0.05) is 11.6 Å². The van der Waals surface area contributed by atoms with E-state index in [1.54, 1.807) is 21.3 Å². The van der Waals surface area contributed by atoms with Crippen molar-refractivity contribution >= 4 is 26.9 Å². The third-order valence-electron chi connectivity index (χ3n) is 3.48. The summed E-state index contributed by atoms with van der Waals surface area (Å²) in [6.07, 6.45) is 0. The van der Waals surface area contributed by atoms with Crippen LogP contribution in [0.4, 0.5) is 0 Å². The summed E-state index contributed by atoms with van der Waals surface area (Å²) in [7, 11) is 4.88. The van der Waals surface area contributed by atoms with Crippen LogP contribution in [0.5, 0.6) is 17.2 Å². The van der Waals surface area contributed by atoms with Gasteiger partial charge in [-0.3, -0.25) is 0 Å². The van der Waals surface area contributed by atoms with E-state index >= 15 is 0 Å². The minimum Gasteiger partial charge on any atom is -0.497 e. The molecule has 4 nitrogen and oxygen atoms in total. The number of furan rings is 1. The molecule has 3 aromatic rings. The molecule has 0 aliphatic rings. The summed E-state index contributed by atoms with van der Waals surface area (Å²) in [4.78, 5) is 0. The number of benzene rings is 2. The van der Waals surface area contributed by atoms with E-state index in [0.29, 0.717) is 17.1 Å². The van der Waals surface area contributed by atoms with Crippen molar-refractivity contribution in [2.75, 3.05) is 21.3 Å². The summed E-state index contributed by atoms with van der Waals surface area (Å²) >= 11 is 3.50. The lowest BCUT2D eigenvalue weighted by Gasteiger charge is -2.08. The smallest absolute Gasteiger partial charge is 0.147 e. The van der Waals surface area contributed by atoms with Gasteiger partial charge in [-0.1, -0.05) is 0 Å². The molecule has 5 heteroatoms. The van der Waals surface area contributed by atoms with E-state index in [-0.39, 0.29) is 0 Å². The number of halogens is 1. The number of ether oxygens (including phenoxy) is 3. The number of hydrogen-bond donors (Lipinski definition) is 0. The summed E-state index contributed by atoms with van der Waals surface area (Å²) in [5.41, 5.74) is 1.68. The fourth-order valence-corrected chi connectivity index (χ4v) is 3.00. The van der Waals surface area contributed by atoms with Gasteiger partial charge in [-0.15, -0.1) is 0 Å². The Bertz CT molecular complexity index is 806. The number of hydrogen-bond acceptors (Lipinski definition) is 4. The molecule has 0 saturated heterocycles. The highest BCUT2D eigenvalue weighted by molar-refractivity contribution is 9.10. The Labute approximate surface area is 136 Å². The third-order valence-corrected chi connectivity index (χ3v) is 4.23. The van der Waals surface area contributed by atoms with Crippen molar-refractivity contribution in [2.24, 2.45) is 0 Å². The van der Waals surface area contributed by atoms with Gasteiger partial charge in [-0.25, -0.2) is 0 Å². The highest BCUT2D eigenvalue weighted by atomic mass is 79.9. The summed E-state index contributed by atoms with van der Waals surface area (Å²) < 4.78 is 22.7. The molecule has 22 heavy (non-hydrogen) atoms. The Morgan fingerprint density at radius 3 is 2.23 bits per heavy atom. The van der Waals surface area contributed by atoms with Crippen LogP contribution in [0.25, 0.3) is 22.3 Å². The second-order valence-electron chi connectivity index (χ2n) is 4.68. The average Bonchev–Trinajstić information content (AvgIpc) is 2.98. The van der Waals surface area contributed by atoms with Crippen molar-refractivity contribution in [3.05, 3.63) is 40.9 Å². The van der Waals surface area contributed by atoms with Crippen molar-refractivity contribution in [3.63, 3.8) is 0 Å². The molecule has 0 aliphatic carbocycles. The van der Waals surface area contributed by atoms with Crippen LogP contribution in [0.15, 0.2) is 45.3 Å². The van der Waals surface area contributed by atoms with E-state index in [1.807, 2.05) is 36.4 Å². The minimum absolute atomic E-state index is 0.667. The van der Waals surface area contributed by atoms with Crippen LogP contribution in [0.1, 0.15) is 0 Å². The molecule has 114 valence electrons. The zero-order chi connectivity index (χ0) is 15.7. The van der Waals surface area contributed by atoms with Gasteiger partial charge in [-0.2, -0.15) is 0 Å². The predicted molar refractivity (Wildman–Crippen MR) is 89.0 cm³/mol. The normalized spacial score (nSPS) is 10.7. The molecular weight excluding hydrogens is 348 g/mol. The van der Waals surface area contributed by atoms with E-state index < -0.39 is 0 Å². The lowest BCUT2D eigenvalue weighted by Crippen LogP contribution is -1.89. The molecule has 0 bridgehead atoms. The van der Waals surface area contributed by atoms with E-state index in [2.05, 4.69) is 15.9 Å². The standard InChI is InChI=1S/C17H15BrO4/c1-19-11-6-4-10(5-7-11)13-8-12-14(22-13)9-15(20-2)16(18)17(12)21-3/h4-9H,1-3H3. The SMILES string of the molecule is COc1ccc(-c2cc3c(OC)c(Br)c(OC)cc3o2)cc1. The minimum atomic E-state index is 0.667. The molecule has 1 heterocycles. The maximum Gasteiger partial charge on any atom is 0.147 e. The maximum atomic E-state index is 5.95. The summed E-state index contributed by atoms with van der Waals surface area (Å²) in [5, 5.41) is 0.890. The van der Waals surface area contributed by atoms with Crippen molar-refractivity contribution in [2.45, 2.75) is 0 Å². The molecule has 3 rings (SSSR count). The largest absolute Gasteiger partial charge is 0.497 e. The second kappa shape index (κ2) is 5.93. The van der Waals surface area contributed by atoms with Crippen LogP contribution >= 0.6 is 15.9 Å². The summed E-state index contributed by atoms with van der Waals surface area (Å²) in [6, 6.07) is 11.5. The van der Waals surface area contributed by atoms with Crippen LogP contribution in [-0.4, -0.2) is 21.3 Å². The monoisotopic (exact) mass is 362 g/mol. The van der Waals surface area contributed by atoms with Gasteiger partial charge in [0.1, 0.15) is 33.1 Å². The Hall–Kier alpha value is -2.14. The van der Waals surface area contributed by atoms with Gasteiger partial charge in [0.25, 0.3) is 0 Å². The van der Waals surface area contributed by atoms with Crippen LogP contribution in [-0.2, 0) is 0 Å². The van der Waals surface area contributed by atoms with E-state index in [4.69, 9.17) is 18.6 Å². The maximum absolute atomic E-state index is 5.95. The number of fused-ring (bicyclic) bond motifs is 1. The Balaban J connectivity index is 2.16. The summed E-state index contributed by atoms with van der Waals surface area (Å²) in [5.74, 6) is 2.93. The molecule has 0 spiro atoms. The average molecular weight is 363 g/mol. The molecule has 0 saturated carbocycles. The van der Waals surface area contributed by atoms with Gasteiger partial charge in [0.2, 0.25) is 0 Å². The quantitative estimate of drug-likeness (QED) is 0.662.